The second-order valence-electron chi connectivity index (χ2n) is 6.72. The van der Waals surface area contributed by atoms with Crippen molar-refractivity contribution in [2.24, 2.45) is 0 Å². The van der Waals surface area contributed by atoms with Gasteiger partial charge >= 0.3 is 6.09 Å². The molecule has 1 aromatic carbocycles. The van der Waals surface area contributed by atoms with Crippen LogP contribution in [0.3, 0.4) is 0 Å². The van der Waals surface area contributed by atoms with Gasteiger partial charge in [-0.25, -0.2) is 14.7 Å². The van der Waals surface area contributed by atoms with Crippen molar-refractivity contribution in [3.8, 4) is 0 Å². The van der Waals surface area contributed by atoms with Gasteiger partial charge in [-0.3, -0.25) is 0 Å². The fraction of sp³-hybridized carbons (Fsp3) is 0.278. The van der Waals surface area contributed by atoms with Crippen LogP contribution in [0.5, 0.6) is 0 Å². The number of halogens is 2. The van der Waals surface area contributed by atoms with E-state index in [0.717, 1.165) is 0 Å². The van der Waals surface area contributed by atoms with Crippen molar-refractivity contribution in [2.75, 3.05) is 4.90 Å². The van der Waals surface area contributed by atoms with Crippen LogP contribution in [0.4, 0.5) is 16.3 Å². The molecule has 0 aliphatic heterocycles. The van der Waals surface area contributed by atoms with Crippen molar-refractivity contribution in [2.45, 2.75) is 33.3 Å². The fourth-order valence-corrected chi connectivity index (χ4v) is 2.87. The third-order valence-electron chi connectivity index (χ3n) is 3.56. The lowest BCUT2D eigenvalue weighted by Gasteiger charge is -2.29. The van der Waals surface area contributed by atoms with E-state index in [0.29, 0.717) is 27.7 Å². The number of hydrogen-bond donors (Lipinski definition) is 0. The van der Waals surface area contributed by atoms with Crippen molar-refractivity contribution in [1.82, 2.24) is 14.6 Å². The first kappa shape index (κ1) is 18.5. The van der Waals surface area contributed by atoms with Crippen LogP contribution in [0.2, 0.25) is 10.2 Å². The molecule has 2 aromatic heterocycles. The molecular formula is C18H18Cl2N4O2. The zero-order valence-electron chi connectivity index (χ0n) is 14.8. The Morgan fingerprint density at radius 3 is 2.54 bits per heavy atom. The highest BCUT2D eigenvalue weighted by atomic mass is 35.5. The first-order valence-corrected chi connectivity index (χ1v) is 8.72. The molecule has 0 aliphatic rings. The number of amides is 1. The average molecular weight is 393 g/mol. The summed E-state index contributed by atoms with van der Waals surface area (Å²) in [7, 11) is 0. The maximum Gasteiger partial charge on any atom is 0.420 e. The van der Waals surface area contributed by atoms with Crippen molar-refractivity contribution >= 4 is 46.4 Å². The standard InChI is InChI=1S/C18H18Cl2N4O2/c1-11-15(20)22-14-9-10-21-24(14)16(11)23(17(25)26-18(2,3)4)13-8-6-5-7-12(13)19/h5-10H,1-4H3. The molecule has 6 nitrogen and oxygen atoms in total. The summed E-state index contributed by atoms with van der Waals surface area (Å²) in [5, 5.41) is 4.94. The third kappa shape index (κ3) is 3.48. The van der Waals surface area contributed by atoms with Gasteiger partial charge in [-0.15, -0.1) is 0 Å². The number of para-hydroxylation sites is 1. The highest BCUT2D eigenvalue weighted by Gasteiger charge is 2.30. The van der Waals surface area contributed by atoms with Crippen molar-refractivity contribution in [3.05, 3.63) is 52.3 Å². The summed E-state index contributed by atoms with van der Waals surface area (Å²) in [6, 6.07) is 8.71. The van der Waals surface area contributed by atoms with E-state index < -0.39 is 11.7 Å². The number of hydrogen-bond acceptors (Lipinski definition) is 4. The molecule has 0 unspecified atom stereocenters. The zero-order valence-corrected chi connectivity index (χ0v) is 16.3. The molecule has 0 aliphatic carbocycles. The second-order valence-corrected chi connectivity index (χ2v) is 7.48. The van der Waals surface area contributed by atoms with E-state index in [-0.39, 0.29) is 5.15 Å². The Hall–Kier alpha value is -2.31. The monoisotopic (exact) mass is 392 g/mol. The summed E-state index contributed by atoms with van der Waals surface area (Å²) in [6.07, 6.45) is 0.995. The normalized spacial score (nSPS) is 11.6. The summed E-state index contributed by atoms with van der Waals surface area (Å²) < 4.78 is 7.14. The summed E-state index contributed by atoms with van der Waals surface area (Å²) in [5.41, 5.74) is 0.861. The molecule has 0 saturated carbocycles. The molecule has 2 heterocycles. The molecule has 0 spiro atoms. The van der Waals surface area contributed by atoms with Crippen LogP contribution in [-0.4, -0.2) is 26.3 Å². The number of nitrogens with zero attached hydrogens (tertiary/aromatic N) is 4. The van der Waals surface area contributed by atoms with Crippen LogP contribution in [0.15, 0.2) is 36.5 Å². The molecule has 8 heteroatoms. The Balaban J connectivity index is 2.29. The highest BCUT2D eigenvalue weighted by molar-refractivity contribution is 6.34. The first-order chi connectivity index (χ1) is 12.2. The number of fused-ring (bicyclic) bond motifs is 1. The van der Waals surface area contributed by atoms with Gasteiger partial charge in [-0.05, 0) is 39.8 Å². The van der Waals surface area contributed by atoms with Gasteiger partial charge in [0.05, 0.1) is 16.9 Å². The molecule has 0 saturated heterocycles. The highest BCUT2D eigenvalue weighted by Crippen LogP contribution is 2.36. The lowest BCUT2D eigenvalue weighted by atomic mass is 10.2. The third-order valence-corrected chi connectivity index (χ3v) is 4.25. The molecule has 3 rings (SSSR count). The van der Waals surface area contributed by atoms with Crippen LogP contribution >= 0.6 is 23.2 Å². The molecule has 136 valence electrons. The average Bonchev–Trinajstić information content (AvgIpc) is 2.99. The van der Waals surface area contributed by atoms with Gasteiger partial charge in [0.1, 0.15) is 10.8 Å². The minimum Gasteiger partial charge on any atom is -0.443 e. The molecule has 0 fully saturated rings. The Morgan fingerprint density at radius 1 is 1.19 bits per heavy atom. The van der Waals surface area contributed by atoms with E-state index in [2.05, 4.69) is 10.1 Å². The Morgan fingerprint density at radius 2 is 1.88 bits per heavy atom. The van der Waals surface area contributed by atoms with Gasteiger partial charge in [-0.2, -0.15) is 9.61 Å². The summed E-state index contributed by atoms with van der Waals surface area (Å²) >= 11 is 12.7. The van der Waals surface area contributed by atoms with Crippen molar-refractivity contribution in [1.29, 1.82) is 0 Å². The maximum atomic E-state index is 13.1. The van der Waals surface area contributed by atoms with Crippen LogP contribution in [-0.2, 0) is 4.74 Å². The summed E-state index contributed by atoms with van der Waals surface area (Å²) in [6.45, 7) is 7.16. The van der Waals surface area contributed by atoms with E-state index in [9.17, 15) is 4.79 Å². The van der Waals surface area contributed by atoms with Gasteiger partial charge in [-0.1, -0.05) is 35.3 Å². The molecule has 0 N–H and O–H groups in total. The molecule has 0 atom stereocenters. The molecule has 3 aromatic rings. The number of carbonyl (C=O) groups is 1. The predicted octanol–water partition coefficient (Wildman–Crippen LogP) is 5.42. The quantitative estimate of drug-likeness (QED) is 0.546. The summed E-state index contributed by atoms with van der Waals surface area (Å²) in [5.74, 6) is 0.423. The Kier molecular flexibility index (Phi) is 4.82. The van der Waals surface area contributed by atoms with E-state index in [1.807, 2.05) is 0 Å². The van der Waals surface area contributed by atoms with Crippen LogP contribution in [0, 0.1) is 6.92 Å². The van der Waals surface area contributed by atoms with Crippen molar-refractivity contribution in [3.63, 3.8) is 0 Å². The number of carbonyl (C=O) groups excluding carboxylic acids is 1. The van der Waals surface area contributed by atoms with E-state index in [4.69, 9.17) is 27.9 Å². The number of benzene rings is 1. The predicted molar refractivity (Wildman–Crippen MR) is 103 cm³/mol. The Bertz CT molecular complexity index is 979. The number of rotatable bonds is 2. The van der Waals surface area contributed by atoms with E-state index in [1.54, 1.807) is 64.2 Å². The molecule has 0 bridgehead atoms. The van der Waals surface area contributed by atoms with E-state index >= 15 is 0 Å². The minimum atomic E-state index is -0.690. The lowest BCUT2D eigenvalue weighted by molar-refractivity contribution is 0.0597. The van der Waals surface area contributed by atoms with Crippen LogP contribution < -0.4 is 4.90 Å². The fourth-order valence-electron chi connectivity index (χ4n) is 2.48. The SMILES string of the molecule is Cc1c(Cl)nc2ccnn2c1N(C(=O)OC(C)(C)C)c1ccccc1Cl. The van der Waals surface area contributed by atoms with Crippen LogP contribution in [0.1, 0.15) is 26.3 Å². The van der Waals surface area contributed by atoms with Crippen molar-refractivity contribution < 1.29 is 9.53 Å². The van der Waals surface area contributed by atoms with Gasteiger partial charge < -0.3 is 4.74 Å². The topological polar surface area (TPSA) is 59.7 Å². The van der Waals surface area contributed by atoms with Gasteiger partial charge in [0, 0.05) is 11.6 Å². The molecule has 1 amide bonds. The van der Waals surface area contributed by atoms with Gasteiger partial charge in [0.2, 0.25) is 0 Å². The maximum absolute atomic E-state index is 13.1. The lowest BCUT2D eigenvalue weighted by Crippen LogP contribution is -2.35. The van der Waals surface area contributed by atoms with Gasteiger partial charge in [0.15, 0.2) is 11.5 Å². The zero-order chi connectivity index (χ0) is 19.1. The second kappa shape index (κ2) is 6.78. The molecule has 0 radical (unpaired) electrons. The smallest absolute Gasteiger partial charge is 0.420 e. The number of aromatic nitrogens is 3. The Labute approximate surface area is 161 Å². The van der Waals surface area contributed by atoms with Crippen LogP contribution in [0.25, 0.3) is 5.65 Å². The summed E-state index contributed by atoms with van der Waals surface area (Å²) in [4.78, 5) is 18.7. The van der Waals surface area contributed by atoms with Gasteiger partial charge in [0.25, 0.3) is 0 Å². The number of anilines is 2. The largest absolute Gasteiger partial charge is 0.443 e. The first-order valence-electron chi connectivity index (χ1n) is 7.96. The molecule has 26 heavy (non-hydrogen) atoms. The molecular weight excluding hydrogens is 375 g/mol. The van der Waals surface area contributed by atoms with E-state index in [1.165, 1.54) is 9.42 Å². The minimum absolute atomic E-state index is 0.272. The number of ether oxygens (including phenoxy) is 1.